The van der Waals surface area contributed by atoms with E-state index in [1.165, 1.54) is 39.0 Å². The molecule has 18 heavy (non-hydrogen) atoms. The van der Waals surface area contributed by atoms with Crippen LogP contribution in [0, 0.1) is 0 Å². The summed E-state index contributed by atoms with van der Waals surface area (Å²) in [6.45, 7) is 4.76. The molecule has 0 atom stereocenters. The van der Waals surface area contributed by atoms with Gasteiger partial charge in [-0.1, -0.05) is 32.6 Å². The highest BCUT2D eigenvalue weighted by molar-refractivity contribution is 5.88. The summed E-state index contributed by atoms with van der Waals surface area (Å²) in [5.74, 6) is -0.0355. The van der Waals surface area contributed by atoms with Gasteiger partial charge in [-0.3, -0.25) is 4.79 Å². The highest BCUT2D eigenvalue weighted by Crippen LogP contribution is 2.13. The van der Waals surface area contributed by atoms with Crippen molar-refractivity contribution in [2.45, 2.75) is 46.0 Å². The zero-order valence-electron chi connectivity index (χ0n) is 11.5. The van der Waals surface area contributed by atoms with Crippen molar-refractivity contribution in [2.75, 3.05) is 17.2 Å². The van der Waals surface area contributed by atoms with Crippen LogP contribution < -0.4 is 10.6 Å². The summed E-state index contributed by atoms with van der Waals surface area (Å²) in [7, 11) is 0. The zero-order valence-corrected chi connectivity index (χ0v) is 11.5. The second-order valence-electron chi connectivity index (χ2n) is 4.60. The van der Waals surface area contributed by atoms with E-state index in [2.05, 4.69) is 17.6 Å². The number of hydrogen-bond acceptors (Lipinski definition) is 2. The van der Waals surface area contributed by atoms with Crippen LogP contribution in [-0.2, 0) is 4.79 Å². The molecule has 1 aromatic rings. The molecule has 0 saturated carbocycles. The van der Waals surface area contributed by atoms with E-state index in [1.807, 2.05) is 24.3 Å². The van der Waals surface area contributed by atoms with E-state index in [-0.39, 0.29) is 5.91 Å². The average Bonchev–Trinajstić information content (AvgIpc) is 2.35. The molecule has 0 unspecified atom stereocenters. The Morgan fingerprint density at radius 2 is 1.61 bits per heavy atom. The molecule has 0 saturated heterocycles. The van der Waals surface area contributed by atoms with Gasteiger partial charge in [0.05, 0.1) is 0 Å². The van der Waals surface area contributed by atoms with Crippen molar-refractivity contribution in [1.29, 1.82) is 0 Å². The van der Waals surface area contributed by atoms with E-state index in [1.54, 1.807) is 0 Å². The van der Waals surface area contributed by atoms with Crippen LogP contribution in [0.1, 0.15) is 46.0 Å². The summed E-state index contributed by atoms with van der Waals surface area (Å²) in [5.41, 5.74) is 1.95. The SMILES string of the molecule is CCCCCCCNc1ccc(NC(C)=O)cc1. The third-order valence-electron chi connectivity index (χ3n) is 2.81. The van der Waals surface area contributed by atoms with Crippen LogP contribution in [0.4, 0.5) is 11.4 Å². The average molecular weight is 248 g/mol. The molecule has 3 nitrogen and oxygen atoms in total. The van der Waals surface area contributed by atoms with Crippen molar-refractivity contribution in [2.24, 2.45) is 0 Å². The number of carbonyl (C=O) groups is 1. The Morgan fingerprint density at radius 3 is 2.22 bits per heavy atom. The summed E-state index contributed by atoms with van der Waals surface area (Å²) < 4.78 is 0. The first kappa shape index (κ1) is 14.6. The Kier molecular flexibility index (Phi) is 6.92. The number of benzene rings is 1. The predicted octanol–water partition coefficient (Wildman–Crippen LogP) is 4.03. The van der Waals surface area contributed by atoms with Crippen LogP contribution >= 0.6 is 0 Å². The molecular formula is C15H24N2O. The van der Waals surface area contributed by atoms with E-state index >= 15 is 0 Å². The number of anilines is 2. The summed E-state index contributed by atoms with van der Waals surface area (Å²) in [6.07, 6.45) is 6.47. The highest BCUT2D eigenvalue weighted by atomic mass is 16.1. The van der Waals surface area contributed by atoms with Gasteiger partial charge in [0.2, 0.25) is 5.91 Å². The number of amides is 1. The molecule has 0 fully saturated rings. The van der Waals surface area contributed by atoms with Gasteiger partial charge >= 0.3 is 0 Å². The Balaban J connectivity index is 2.20. The number of rotatable bonds is 8. The van der Waals surface area contributed by atoms with Crippen LogP contribution in [0.2, 0.25) is 0 Å². The van der Waals surface area contributed by atoms with Crippen molar-refractivity contribution in [3.63, 3.8) is 0 Å². The van der Waals surface area contributed by atoms with Crippen LogP contribution in [-0.4, -0.2) is 12.5 Å². The Bertz CT molecular complexity index is 346. The van der Waals surface area contributed by atoms with Crippen LogP contribution in [0.3, 0.4) is 0 Å². The van der Waals surface area contributed by atoms with Crippen molar-refractivity contribution < 1.29 is 4.79 Å². The quantitative estimate of drug-likeness (QED) is 0.682. The number of nitrogens with one attached hydrogen (secondary N) is 2. The van der Waals surface area contributed by atoms with E-state index in [4.69, 9.17) is 0 Å². The summed E-state index contributed by atoms with van der Waals surface area (Å²) in [6, 6.07) is 7.83. The molecule has 1 aromatic carbocycles. The fourth-order valence-corrected chi connectivity index (χ4v) is 1.84. The second kappa shape index (κ2) is 8.56. The van der Waals surface area contributed by atoms with Crippen molar-refractivity contribution >= 4 is 17.3 Å². The third kappa shape index (κ3) is 6.28. The molecule has 0 bridgehead atoms. The van der Waals surface area contributed by atoms with Crippen molar-refractivity contribution in [3.05, 3.63) is 24.3 Å². The van der Waals surface area contributed by atoms with Crippen LogP contribution in [0.15, 0.2) is 24.3 Å². The largest absolute Gasteiger partial charge is 0.385 e. The normalized spacial score (nSPS) is 10.1. The van der Waals surface area contributed by atoms with Gasteiger partial charge in [-0.2, -0.15) is 0 Å². The molecule has 3 heteroatoms. The maximum atomic E-state index is 10.9. The molecule has 0 heterocycles. The van der Waals surface area contributed by atoms with Gasteiger partial charge in [-0.15, -0.1) is 0 Å². The van der Waals surface area contributed by atoms with Gasteiger partial charge in [0, 0.05) is 24.8 Å². The summed E-state index contributed by atoms with van der Waals surface area (Å²) in [5, 5.41) is 6.15. The molecule has 0 spiro atoms. The van der Waals surface area contributed by atoms with E-state index in [9.17, 15) is 4.79 Å². The minimum absolute atomic E-state index is 0.0355. The lowest BCUT2D eigenvalue weighted by molar-refractivity contribution is -0.114. The lowest BCUT2D eigenvalue weighted by atomic mass is 10.1. The molecule has 0 aromatic heterocycles. The first-order valence-electron chi connectivity index (χ1n) is 6.84. The molecule has 2 N–H and O–H groups in total. The third-order valence-corrected chi connectivity index (χ3v) is 2.81. The smallest absolute Gasteiger partial charge is 0.221 e. The van der Waals surface area contributed by atoms with Crippen LogP contribution in [0.5, 0.6) is 0 Å². The van der Waals surface area contributed by atoms with Gasteiger partial charge in [0.25, 0.3) is 0 Å². The molecule has 1 amide bonds. The Labute approximate surface area is 110 Å². The number of unbranched alkanes of at least 4 members (excludes halogenated alkanes) is 4. The Hall–Kier alpha value is -1.51. The van der Waals surface area contributed by atoms with Crippen molar-refractivity contribution in [1.82, 2.24) is 0 Å². The maximum Gasteiger partial charge on any atom is 0.221 e. The summed E-state index contributed by atoms with van der Waals surface area (Å²) in [4.78, 5) is 10.9. The zero-order chi connectivity index (χ0) is 13.2. The molecule has 0 aliphatic heterocycles. The maximum absolute atomic E-state index is 10.9. The van der Waals surface area contributed by atoms with E-state index in [0.717, 1.165) is 17.9 Å². The van der Waals surface area contributed by atoms with Gasteiger partial charge in [0.15, 0.2) is 0 Å². The first-order chi connectivity index (χ1) is 8.72. The van der Waals surface area contributed by atoms with Gasteiger partial charge < -0.3 is 10.6 Å². The lowest BCUT2D eigenvalue weighted by Gasteiger charge is -2.07. The fraction of sp³-hybridized carbons (Fsp3) is 0.533. The predicted molar refractivity (Wildman–Crippen MR) is 78.0 cm³/mol. The van der Waals surface area contributed by atoms with Gasteiger partial charge in [0.1, 0.15) is 0 Å². The molecular weight excluding hydrogens is 224 g/mol. The minimum Gasteiger partial charge on any atom is -0.385 e. The topological polar surface area (TPSA) is 41.1 Å². The minimum atomic E-state index is -0.0355. The molecule has 100 valence electrons. The van der Waals surface area contributed by atoms with Gasteiger partial charge in [-0.25, -0.2) is 0 Å². The number of hydrogen-bond donors (Lipinski definition) is 2. The molecule has 0 aliphatic rings. The first-order valence-corrected chi connectivity index (χ1v) is 6.84. The van der Waals surface area contributed by atoms with E-state index < -0.39 is 0 Å². The monoisotopic (exact) mass is 248 g/mol. The fourth-order valence-electron chi connectivity index (χ4n) is 1.84. The summed E-state index contributed by atoms with van der Waals surface area (Å²) >= 11 is 0. The van der Waals surface area contributed by atoms with Crippen LogP contribution in [0.25, 0.3) is 0 Å². The second-order valence-corrected chi connectivity index (χ2v) is 4.60. The van der Waals surface area contributed by atoms with E-state index in [0.29, 0.717) is 0 Å². The van der Waals surface area contributed by atoms with Gasteiger partial charge in [-0.05, 0) is 30.7 Å². The lowest BCUT2D eigenvalue weighted by Crippen LogP contribution is -2.06. The Morgan fingerprint density at radius 1 is 1.00 bits per heavy atom. The number of carbonyl (C=O) groups excluding carboxylic acids is 1. The highest BCUT2D eigenvalue weighted by Gasteiger charge is 1.96. The molecule has 0 aliphatic carbocycles. The standard InChI is InChI=1S/C15H24N2O/c1-3-4-5-6-7-12-16-14-8-10-15(11-9-14)17-13(2)18/h8-11,16H,3-7,12H2,1-2H3,(H,17,18). The van der Waals surface area contributed by atoms with Crippen molar-refractivity contribution in [3.8, 4) is 0 Å². The molecule has 1 rings (SSSR count). The molecule has 0 radical (unpaired) electrons.